The minimum Gasteiger partial charge on any atom is -0.497 e. The predicted octanol–water partition coefficient (Wildman–Crippen LogP) is 3.10. The molecule has 0 saturated carbocycles. The molecular formula is C24H30N2O4. The number of amides is 1. The quantitative estimate of drug-likeness (QED) is 0.733. The predicted molar refractivity (Wildman–Crippen MR) is 115 cm³/mol. The second-order valence-electron chi connectivity index (χ2n) is 7.96. The van der Waals surface area contributed by atoms with Crippen LogP contribution in [0, 0.1) is 0 Å². The van der Waals surface area contributed by atoms with E-state index in [2.05, 4.69) is 17.0 Å². The summed E-state index contributed by atoms with van der Waals surface area (Å²) in [6, 6.07) is 16.2. The first-order valence-electron chi connectivity index (χ1n) is 10.6. The van der Waals surface area contributed by atoms with Gasteiger partial charge in [-0.2, -0.15) is 0 Å². The van der Waals surface area contributed by atoms with Gasteiger partial charge < -0.3 is 19.1 Å². The summed E-state index contributed by atoms with van der Waals surface area (Å²) in [5.74, 6) is 1.79. The van der Waals surface area contributed by atoms with Gasteiger partial charge in [0.15, 0.2) is 0 Å². The lowest BCUT2D eigenvalue weighted by Gasteiger charge is -2.40. The van der Waals surface area contributed by atoms with Crippen molar-refractivity contribution < 1.29 is 19.0 Å². The van der Waals surface area contributed by atoms with Crippen LogP contribution in [0.5, 0.6) is 11.5 Å². The van der Waals surface area contributed by atoms with Crippen molar-refractivity contribution in [1.82, 2.24) is 9.80 Å². The number of morpholine rings is 1. The summed E-state index contributed by atoms with van der Waals surface area (Å²) in [4.78, 5) is 17.1. The van der Waals surface area contributed by atoms with Gasteiger partial charge in [0.2, 0.25) is 5.91 Å². The molecule has 2 atom stereocenters. The maximum absolute atomic E-state index is 12.6. The topological polar surface area (TPSA) is 51.2 Å². The summed E-state index contributed by atoms with van der Waals surface area (Å²) in [5.41, 5.74) is 2.27. The maximum Gasteiger partial charge on any atom is 0.249 e. The molecule has 4 rings (SSSR count). The Balaban J connectivity index is 1.47. The van der Waals surface area contributed by atoms with Crippen molar-refractivity contribution in [1.29, 1.82) is 0 Å². The van der Waals surface area contributed by atoms with Crippen molar-refractivity contribution in [2.45, 2.75) is 38.1 Å². The van der Waals surface area contributed by atoms with E-state index in [1.165, 1.54) is 0 Å². The zero-order chi connectivity index (χ0) is 20.9. The number of rotatable bonds is 6. The van der Waals surface area contributed by atoms with Crippen LogP contribution in [0.2, 0.25) is 0 Å². The molecule has 0 unspecified atom stereocenters. The molecule has 2 aliphatic heterocycles. The van der Waals surface area contributed by atoms with Crippen molar-refractivity contribution in [3.63, 3.8) is 0 Å². The molecule has 30 heavy (non-hydrogen) atoms. The highest BCUT2D eigenvalue weighted by Gasteiger charge is 2.38. The van der Waals surface area contributed by atoms with E-state index in [1.54, 1.807) is 14.2 Å². The molecule has 2 saturated heterocycles. The molecule has 0 radical (unpaired) electrons. The van der Waals surface area contributed by atoms with Crippen molar-refractivity contribution in [2.75, 3.05) is 33.9 Å². The third-order valence-electron chi connectivity index (χ3n) is 6.12. The standard InChI is InChI=1S/C24H30N2O4/c1-28-20-8-9-22(29-2)19(14-20)16-25-12-10-21-23(11-13-25)30-17-24(27)26(21)15-18-6-4-3-5-7-18/h3-9,14,21,23H,10-13,15-17H2,1-2H3/t21-,23-/m0/s1. The van der Waals surface area contributed by atoms with Crippen LogP contribution in [0.3, 0.4) is 0 Å². The fourth-order valence-corrected chi connectivity index (χ4v) is 4.50. The summed E-state index contributed by atoms with van der Waals surface area (Å²) in [6.45, 7) is 3.44. The first-order chi connectivity index (χ1) is 14.7. The van der Waals surface area contributed by atoms with Crippen molar-refractivity contribution >= 4 is 5.91 Å². The number of hydrogen-bond donors (Lipinski definition) is 0. The molecule has 0 bridgehead atoms. The Morgan fingerprint density at radius 2 is 1.80 bits per heavy atom. The maximum atomic E-state index is 12.6. The Hall–Kier alpha value is -2.57. The lowest BCUT2D eigenvalue weighted by atomic mass is 10.0. The number of likely N-dealkylation sites (tertiary alicyclic amines) is 1. The number of ether oxygens (including phenoxy) is 3. The molecule has 6 heteroatoms. The molecule has 160 valence electrons. The Labute approximate surface area is 178 Å². The molecule has 0 N–H and O–H groups in total. The Morgan fingerprint density at radius 3 is 2.57 bits per heavy atom. The fourth-order valence-electron chi connectivity index (χ4n) is 4.50. The molecule has 0 aromatic heterocycles. The average molecular weight is 411 g/mol. The third kappa shape index (κ3) is 4.60. The van der Waals surface area contributed by atoms with E-state index >= 15 is 0 Å². The number of carbonyl (C=O) groups is 1. The first kappa shape index (κ1) is 20.7. The van der Waals surface area contributed by atoms with E-state index in [9.17, 15) is 4.79 Å². The second kappa shape index (κ2) is 9.49. The van der Waals surface area contributed by atoms with Gasteiger partial charge in [-0.1, -0.05) is 30.3 Å². The molecule has 2 fully saturated rings. The van der Waals surface area contributed by atoms with Gasteiger partial charge in [-0.05, 0) is 36.6 Å². The van der Waals surface area contributed by atoms with Gasteiger partial charge in [-0.15, -0.1) is 0 Å². The number of hydrogen-bond acceptors (Lipinski definition) is 5. The highest BCUT2D eigenvalue weighted by molar-refractivity contribution is 5.78. The largest absolute Gasteiger partial charge is 0.497 e. The van der Waals surface area contributed by atoms with Gasteiger partial charge in [-0.25, -0.2) is 0 Å². The van der Waals surface area contributed by atoms with Gasteiger partial charge in [0, 0.05) is 31.7 Å². The van der Waals surface area contributed by atoms with Crippen LogP contribution in [0.25, 0.3) is 0 Å². The SMILES string of the molecule is COc1ccc(OC)c(CN2CC[C@@H]3OCC(=O)N(Cc4ccccc4)[C@H]3CC2)c1. The van der Waals surface area contributed by atoms with Gasteiger partial charge >= 0.3 is 0 Å². The lowest BCUT2D eigenvalue weighted by Crippen LogP contribution is -2.53. The molecule has 1 amide bonds. The van der Waals surface area contributed by atoms with Gasteiger partial charge in [0.1, 0.15) is 18.1 Å². The van der Waals surface area contributed by atoms with Crippen LogP contribution >= 0.6 is 0 Å². The molecule has 2 aromatic rings. The summed E-state index contributed by atoms with van der Waals surface area (Å²) in [7, 11) is 3.38. The Kier molecular flexibility index (Phi) is 6.55. The molecule has 2 aromatic carbocycles. The first-order valence-corrected chi connectivity index (χ1v) is 10.6. The highest BCUT2D eigenvalue weighted by Crippen LogP contribution is 2.29. The number of nitrogens with zero attached hydrogens (tertiary/aromatic N) is 2. The summed E-state index contributed by atoms with van der Waals surface area (Å²) < 4.78 is 16.9. The smallest absolute Gasteiger partial charge is 0.249 e. The van der Waals surface area contributed by atoms with Crippen molar-refractivity contribution in [3.05, 3.63) is 59.7 Å². The van der Waals surface area contributed by atoms with E-state index in [0.29, 0.717) is 6.54 Å². The van der Waals surface area contributed by atoms with Crippen LogP contribution in [0.4, 0.5) is 0 Å². The monoisotopic (exact) mass is 410 g/mol. The lowest BCUT2D eigenvalue weighted by molar-refractivity contribution is -0.158. The second-order valence-corrected chi connectivity index (χ2v) is 7.96. The number of benzene rings is 2. The Morgan fingerprint density at radius 1 is 1.00 bits per heavy atom. The third-order valence-corrected chi connectivity index (χ3v) is 6.12. The zero-order valence-electron chi connectivity index (χ0n) is 17.8. The molecule has 2 aliphatic rings. The highest BCUT2D eigenvalue weighted by atomic mass is 16.5. The van der Waals surface area contributed by atoms with Crippen LogP contribution in [-0.2, 0) is 22.6 Å². The van der Waals surface area contributed by atoms with Crippen LogP contribution < -0.4 is 9.47 Å². The minimum atomic E-state index is 0.0861. The molecule has 0 spiro atoms. The zero-order valence-corrected chi connectivity index (χ0v) is 17.8. The number of methoxy groups -OCH3 is 2. The van der Waals surface area contributed by atoms with Crippen LogP contribution in [0.15, 0.2) is 48.5 Å². The molecule has 0 aliphatic carbocycles. The van der Waals surface area contributed by atoms with E-state index in [1.807, 2.05) is 41.3 Å². The summed E-state index contributed by atoms with van der Waals surface area (Å²) in [5, 5.41) is 0. The normalized spacial score (nSPS) is 22.3. The summed E-state index contributed by atoms with van der Waals surface area (Å²) in [6.07, 6.45) is 1.90. The van der Waals surface area contributed by atoms with Gasteiger partial charge in [0.25, 0.3) is 0 Å². The molecule has 2 heterocycles. The van der Waals surface area contributed by atoms with Crippen molar-refractivity contribution in [2.24, 2.45) is 0 Å². The van der Waals surface area contributed by atoms with Crippen molar-refractivity contribution in [3.8, 4) is 11.5 Å². The van der Waals surface area contributed by atoms with E-state index in [-0.39, 0.29) is 24.7 Å². The van der Waals surface area contributed by atoms with Crippen LogP contribution in [-0.4, -0.2) is 61.8 Å². The van der Waals surface area contributed by atoms with E-state index in [4.69, 9.17) is 14.2 Å². The van der Waals surface area contributed by atoms with Gasteiger partial charge in [0.05, 0.1) is 26.4 Å². The average Bonchev–Trinajstić information content (AvgIpc) is 2.99. The van der Waals surface area contributed by atoms with E-state index in [0.717, 1.165) is 55.1 Å². The number of fused-ring (bicyclic) bond motifs is 1. The Bertz CT molecular complexity index is 858. The molecular weight excluding hydrogens is 380 g/mol. The van der Waals surface area contributed by atoms with Gasteiger partial charge in [-0.3, -0.25) is 9.69 Å². The van der Waals surface area contributed by atoms with Crippen LogP contribution in [0.1, 0.15) is 24.0 Å². The van der Waals surface area contributed by atoms with E-state index < -0.39 is 0 Å². The minimum absolute atomic E-state index is 0.0861. The number of carbonyl (C=O) groups excluding carboxylic acids is 1. The summed E-state index contributed by atoms with van der Waals surface area (Å²) >= 11 is 0. The fraction of sp³-hybridized carbons (Fsp3) is 0.458. The molecule has 6 nitrogen and oxygen atoms in total.